The fourth-order valence-electron chi connectivity index (χ4n) is 3.24. The quantitative estimate of drug-likeness (QED) is 0.804. The van der Waals surface area contributed by atoms with E-state index in [1.54, 1.807) is 0 Å². The van der Waals surface area contributed by atoms with Crippen molar-refractivity contribution in [2.24, 2.45) is 7.05 Å². The third-order valence-corrected chi connectivity index (χ3v) is 4.79. The summed E-state index contributed by atoms with van der Waals surface area (Å²) in [6, 6.07) is 8.14. The van der Waals surface area contributed by atoms with E-state index >= 15 is 0 Å². The van der Waals surface area contributed by atoms with Crippen molar-refractivity contribution < 1.29 is 9.53 Å². The monoisotopic (exact) mass is 297 g/mol. The highest BCUT2D eigenvalue weighted by Crippen LogP contribution is 2.29. The van der Waals surface area contributed by atoms with Crippen LogP contribution in [0.15, 0.2) is 24.3 Å². The molecule has 0 unspecified atom stereocenters. The predicted octanol–water partition coefficient (Wildman–Crippen LogP) is 3.78. The molecule has 0 saturated carbocycles. The lowest BCUT2D eigenvalue weighted by atomic mass is 9.91. The molecule has 1 aromatic carbocycles. The molecule has 3 nitrogen and oxygen atoms in total. The molecular weight excluding hydrogens is 274 g/mol. The summed E-state index contributed by atoms with van der Waals surface area (Å²) in [5, 5.41) is 0. The van der Waals surface area contributed by atoms with Gasteiger partial charge < -0.3 is 9.30 Å². The van der Waals surface area contributed by atoms with Gasteiger partial charge in [0.1, 0.15) is 5.75 Å². The summed E-state index contributed by atoms with van der Waals surface area (Å²) < 4.78 is 7.91. The first-order valence-electron chi connectivity index (χ1n) is 7.97. The lowest BCUT2D eigenvalue weighted by Gasteiger charge is -2.19. The van der Waals surface area contributed by atoms with Crippen LogP contribution in [0.2, 0.25) is 0 Å². The molecule has 0 fully saturated rings. The first-order chi connectivity index (χ1) is 10.6. The molecule has 0 radical (unpaired) electrons. The van der Waals surface area contributed by atoms with E-state index in [1.807, 2.05) is 43.7 Å². The van der Waals surface area contributed by atoms with Gasteiger partial charge in [-0.15, -0.1) is 0 Å². The summed E-state index contributed by atoms with van der Waals surface area (Å²) in [6.07, 6.45) is 4.64. The summed E-state index contributed by atoms with van der Waals surface area (Å²) in [7, 11) is 1.98. The molecule has 0 saturated heterocycles. The van der Waals surface area contributed by atoms with Gasteiger partial charge in [-0.3, -0.25) is 4.79 Å². The van der Waals surface area contributed by atoms with Crippen LogP contribution in [0, 0.1) is 13.8 Å². The number of benzene rings is 1. The molecule has 0 spiro atoms. The Morgan fingerprint density at radius 3 is 2.73 bits per heavy atom. The molecule has 0 bridgehead atoms. The minimum absolute atomic E-state index is 0.0506. The van der Waals surface area contributed by atoms with Crippen molar-refractivity contribution in [2.45, 2.75) is 39.5 Å². The Bertz CT molecular complexity index is 712. The van der Waals surface area contributed by atoms with E-state index in [2.05, 4.69) is 6.07 Å². The Kier molecular flexibility index (Phi) is 4.06. The fraction of sp³-hybridized carbons (Fsp3) is 0.421. The van der Waals surface area contributed by atoms with Crippen molar-refractivity contribution in [3.05, 3.63) is 52.3 Å². The lowest BCUT2D eigenvalue weighted by Crippen LogP contribution is -2.14. The van der Waals surface area contributed by atoms with Crippen LogP contribution in [-0.2, 0) is 19.9 Å². The molecule has 2 aromatic rings. The zero-order valence-electron chi connectivity index (χ0n) is 13.6. The average Bonchev–Trinajstić information content (AvgIpc) is 2.80. The SMILES string of the molecule is Cc1cc(C(=O)COc2cccc3c2CCCC3)c(C)n1C. The molecule has 116 valence electrons. The van der Waals surface area contributed by atoms with E-state index in [9.17, 15) is 4.79 Å². The first-order valence-corrected chi connectivity index (χ1v) is 7.97. The summed E-state index contributed by atoms with van der Waals surface area (Å²) in [4.78, 5) is 12.4. The predicted molar refractivity (Wildman–Crippen MR) is 87.8 cm³/mol. The largest absolute Gasteiger partial charge is 0.485 e. The van der Waals surface area contributed by atoms with Crippen molar-refractivity contribution in [3.8, 4) is 5.75 Å². The van der Waals surface area contributed by atoms with E-state index in [0.29, 0.717) is 0 Å². The number of Topliss-reactive ketones (excluding diaryl/α,β-unsaturated/α-hetero) is 1. The smallest absolute Gasteiger partial charge is 0.202 e. The molecule has 0 amide bonds. The summed E-state index contributed by atoms with van der Waals surface area (Å²) in [5.74, 6) is 0.936. The highest BCUT2D eigenvalue weighted by molar-refractivity contribution is 5.98. The van der Waals surface area contributed by atoms with Gasteiger partial charge in [-0.25, -0.2) is 0 Å². The second kappa shape index (κ2) is 5.99. The van der Waals surface area contributed by atoms with Gasteiger partial charge in [0, 0.05) is 24.0 Å². The Hall–Kier alpha value is -2.03. The fourth-order valence-corrected chi connectivity index (χ4v) is 3.24. The van der Waals surface area contributed by atoms with E-state index in [1.165, 1.54) is 24.0 Å². The number of ether oxygens (including phenoxy) is 1. The minimum atomic E-state index is 0.0506. The highest BCUT2D eigenvalue weighted by atomic mass is 16.5. The third-order valence-electron chi connectivity index (χ3n) is 4.79. The van der Waals surface area contributed by atoms with Crippen LogP contribution in [0.5, 0.6) is 5.75 Å². The zero-order chi connectivity index (χ0) is 15.7. The van der Waals surface area contributed by atoms with Crippen molar-refractivity contribution in [3.63, 3.8) is 0 Å². The summed E-state index contributed by atoms with van der Waals surface area (Å²) in [5.41, 5.74) is 5.54. The summed E-state index contributed by atoms with van der Waals surface area (Å²) >= 11 is 0. The van der Waals surface area contributed by atoms with Gasteiger partial charge >= 0.3 is 0 Å². The lowest BCUT2D eigenvalue weighted by molar-refractivity contribution is 0.0920. The second-order valence-corrected chi connectivity index (χ2v) is 6.16. The first kappa shape index (κ1) is 14.9. The van der Waals surface area contributed by atoms with Crippen LogP contribution in [-0.4, -0.2) is 17.0 Å². The maximum Gasteiger partial charge on any atom is 0.202 e. The molecule has 1 heterocycles. The van der Waals surface area contributed by atoms with Crippen LogP contribution in [0.25, 0.3) is 0 Å². The topological polar surface area (TPSA) is 31.2 Å². The van der Waals surface area contributed by atoms with E-state index in [-0.39, 0.29) is 12.4 Å². The van der Waals surface area contributed by atoms with Crippen LogP contribution >= 0.6 is 0 Å². The van der Waals surface area contributed by atoms with Gasteiger partial charge in [0.25, 0.3) is 0 Å². The van der Waals surface area contributed by atoms with E-state index in [4.69, 9.17) is 4.74 Å². The highest BCUT2D eigenvalue weighted by Gasteiger charge is 2.17. The van der Waals surface area contributed by atoms with Gasteiger partial charge in [-0.2, -0.15) is 0 Å². The number of carbonyl (C=O) groups is 1. The van der Waals surface area contributed by atoms with Gasteiger partial charge in [0.05, 0.1) is 0 Å². The molecule has 1 aliphatic rings. The van der Waals surface area contributed by atoms with Gasteiger partial charge in [-0.1, -0.05) is 12.1 Å². The number of aryl methyl sites for hydroxylation is 2. The standard InChI is InChI=1S/C19H23NO2/c1-13-11-17(14(2)20(13)3)18(21)12-22-19-10-6-8-15-7-4-5-9-16(15)19/h6,8,10-11H,4-5,7,9,12H2,1-3H3. The van der Waals surface area contributed by atoms with Crippen molar-refractivity contribution >= 4 is 5.78 Å². The maximum absolute atomic E-state index is 12.4. The van der Waals surface area contributed by atoms with Gasteiger partial charge in [-0.05, 0) is 62.8 Å². The molecule has 0 N–H and O–H groups in total. The molecule has 0 atom stereocenters. The molecule has 1 aromatic heterocycles. The van der Waals surface area contributed by atoms with Crippen LogP contribution < -0.4 is 4.74 Å². The van der Waals surface area contributed by atoms with Crippen LogP contribution in [0.4, 0.5) is 0 Å². The molecular formula is C19H23NO2. The number of carbonyl (C=O) groups excluding carboxylic acids is 1. The minimum Gasteiger partial charge on any atom is -0.485 e. The van der Waals surface area contributed by atoms with Crippen LogP contribution in [0.1, 0.15) is 45.7 Å². The molecule has 3 rings (SSSR count). The number of hydrogen-bond donors (Lipinski definition) is 0. The third kappa shape index (κ3) is 2.68. The number of rotatable bonds is 4. The van der Waals surface area contributed by atoms with E-state index < -0.39 is 0 Å². The zero-order valence-corrected chi connectivity index (χ0v) is 13.6. The number of hydrogen-bond acceptors (Lipinski definition) is 2. The normalized spacial score (nSPS) is 13.8. The average molecular weight is 297 g/mol. The van der Waals surface area contributed by atoms with Gasteiger partial charge in [0.2, 0.25) is 5.78 Å². The summed E-state index contributed by atoms with van der Waals surface area (Å²) in [6.45, 7) is 4.10. The number of nitrogens with zero attached hydrogens (tertiary/aromatic N) is 1. The molecule has 3 heteroatoms. The molecule has 1 aliphatic carbocycles. The number of fused-ring (bicyclic) bond motifs is 1. The van der Waals surface area contributed by atoms with Crippen molar-refractivity contribution in [1.29, 1.82) is 0 Å². The van der Waals surface area contributed by atoms with Crippen molar-refractivity contribution in [2.75, 3.05) is 6.61 Å². The maximum atomic E-state index is 12.4. The molecule has 22 heavy (non-hydrogen) atoms. The van der Waals surface area contributed by atoms with Crippen LogP contribution in [0.3, 0.4) is 0 Å². The second-order valence-electron chi connectivity index (χ2n) is 6.16. The Morgan fingerprint density at radius 2 is 2.00 bits per heavy atom. The molecule has 0 aliphatic heterocycles. The van der Waals surface area contributed by atoms with Crippen molar-refractivity contribution in [1.82, 2.24) is 4.57 Å². The Morgan fingerprint density at radius 1 is 1.23 bits per heavy atom. The Balaban J connectivity index is 1.75. The number of ketones is 1. The van der Waals surface area contributed by atoms with E-state index in [0.717, 1.165) is 35.5 Å². The number of aromatic nitrogens is 1. The Labute approximate surface area is 131 Å². The van der Waals surface area contributed by atoms with Gasteiger partial charge in [0.15, 0.2) is 6.61 Å².